The van der Waals surface area contributed by atoms with E-state index in [-0.39, 0.29) is 23.8 Å². The number of carbonyl (C=O) groups is 1. The van der Waals surface area contributed by atoms with E-state index in [0.717, 1.165) is 4.40 Å². The summed E-state index contributed by atoms with van der Waals surface area (Å²) in [7, 11) is 0. The third kappa shape index (κ3) is 3.03. The Labute approximate surface area is 142 Å². The van der Waals surface area contributed by atoms with Crippen LogP contribution in [0.5, 0.6) is 0 Å². The van der Waals surface area contributed by atoms with Gasteiger partial charge in [-0.2, -0.15) is 4.98 Å². The number of aliphatic hydroxyl groups is 2. The molecule has 0 spiro atoms. The van der Waals surface area contributed by atoms with Gasteiger partial charge in [-0.05, 0) is 20.8 Å². The summed E-state index contributed by atoms with van der Waals surface area (Å²) in [5.74, 6) is -0.129. The lowest BCUT2D eigenvalue weighted by Gasteiger charge is -2.28. The summed E-state index contributed by atoms with van der Waals surface area (Å²) in [5, 5.41) is 20.4. The predicted octanol–water partition coefficient (Wildman–Crippen LogP) is -0.987. The predicted molar refractivity (Wildman–Crippen MR) is 85.7 cm³/mol. The average Bonchev–Trinajstić information content (AvgIpc) is 2.99. The van der Waals surface area contributed by atoms with E-state index in [9.17, 15) is 19.8 Å². The SMILES string of the molecule is CC(C)(C)OC(=O)N1C[C@H](O)[C@@H](O)[C@H]1c1ncn2c(=O)[nH]c(N)nc12. The lowest BCUT2D eigenvalue weighted by Crippen LogP contribution is -2.38. The minimum absolute atomic E-state index is 0.0907. The Bertz CT molecular complexity index is 869. The van der Waals surface area contributed by atoms with Crippen molar-refractivity contribution in [2.75, 3.05) is 12.3 Å². The molecule has 1 aliphatic rings. The van der Waals surface area contributed by atoms with Gasteiger partial charge >= 0.3 is 11.8 Å². The Morgan fingerprint density at radius 1 is 1.44 bits per heavy atom. The van der Waals surface area contributed by atoms with Crippen molar-refractivity contribution in [3.05, 3.63) is 22.5 Å². The Kier molecular flexibility index (Phi) is 3.92. The normalized spacial score (nSPS) is 24.0. The van der Waals surface area contributed by atoms with E-state index in [1.165, 1.54) is 11.2 Å². The minimum Gasteiger partial charge on any atom is -0.444 e. The number of likely N-dealkylation sites (tertiary alicyclic amines) is 1. The number of nitrogens with zero attached hydrogens (tertiary/aromatic N) is 4. The number of nitrogens with two attached hydrogens (primary N) is 1. The van der Waals surface area contributed by atoms with Crippen LogP contribution in [-0.2, 0) is 4.74 Å². The fourth-order valence-electron chi connectivity index (χ4n) is 2.77. The number of H-pyrrole nitrogens is 1. The number of amides is 1. The van der Waals surface area contributed by atoms with Gasteiger partial charge in [0.1, 0.15) is 29.8 Å². The topological polar surface area (TPSA) is 159 Å². The third-order valence-corrected chi connectivity index (χ3v) is 3.80. The summed E-state index contributed by atoms with van der Waals surface area (Å²) in [6.07, 6.45) is -2.00. The number of nitrogens with one attached hydrogen (secondary N) is 1. The number of ether oxygens (including phenoxy) is 1. The number of aromatic amines is 1. The van der Waals surface area contributed by atoms with Gasteiger partial charge in [0.05, 0.1) is 12.6 Å². The number of rotatable bonds is 1. The molecule has 2 aromatic rings. The van der Waals surface area contributed by atoms with Gasteiger partial charge in [-0.15, -0.1) is 0 Å². The van der Waals surface area contributed by atoms with E-state index in [1.807, 2.05) is 0 Å². The van der Waals surface area contributed by atoms with Crippen LogP contribution in [0.25, 0.3) is 5.65 Å². The second kappa shape index (κ2) is 5.70. The highest BCUT2D eigenvalue weighted by Gasteiger charge is 2.46. The highest BCUT2D eigenvalue weighted by Crippen LogP contribution is 2.34. The van der Waals surface area contributed by atoms with E-state index < -0.39 is 35.6 Å². The quantitative estimate of drug-likeness (QED) is 0.509. The first kappa shape index (κ1) is 17.2. The summed E-state index contributed by atoms with van der Waals surface area (Å²) >= 11 is 0. The number of hydrogen-bond donors (Lipinski definition) is 4. The minimum atomic E-state index is -1.31. The zero-order chi connectivity index (χ0) is 18.5. The van der Waals surface area contributed by atoms with E-state index in [2.05, 4.69) is 15.0 Å². The maximum Gasteiger partial charge on any atom is 0.411 e. The van der Waals surface area contributed by atoms with Gasteiger partial charge in [-0.25, -0.2) is 19.0 Å². The molecular formula is C14H20N6O5. The van der Waals surface area contributed by atoms with Crippen molar-refractivity contribution < 1.29 is 19.7 Å². The molecule has 5 N–H and O–H groups in total. The molecule has 1 fully saturated rings. The summed E-state index contributed by atoms with van der Waals surface area (Å²) in [6.45, 7) is 4.97. The second-order valence-electron chi connectivity index (χ2n) is 6.89. The van der Waals surface area contributed by atoms with Gasteiger partial charge in [-0.3, -0.25) is 9.88 Å². The Balaban J connectivity index is 2.06. The number of imidazole rings is 1. The number of carbonyl (C=O) groups excluding carboxylic acids is 1. The number of fused-ring (bicyclic) bond motifs is 1. The smallest absolute Gasteiger partial charge is 0.411 e. The van der Waals surface area contributed by atoms with Gasteiger partial charge in [0.15, 0.2) is 5.65 Å². The van der Waals surface area contributed by atoms with Crippen LogP contribution in [0, 0.1) is 0 Å². The summed E-state index contributed by atoms with van der Waals surface area (Å²) in [6, 6.07) is -1.02. The van der Waals surface area contributed by atoms with Crippen molar-refractivity contribution in [1.29, 1.82) is 0 Å². The van der Waals surface area contributed by atoms with E-state index in [0.29, 0.717) is 0 Å². The summed E-state index contributed by atoms with van der Waals surface area (Å²) in [4.78, 5) is 36.0. The van der Waals surface area contributed by atoms with Crippen molar-refractivity contribution >= 4 is 17.7 Å². The highest BCUT2D eigenvalue weighted by atomic mass is 16.6. The van der Waals surface area contributed by atoms with Crippen LogP contribution in [0.1, 0.15) is 32.5 Å². The summed E-state index contributed by atoms with van der Waals surface area (Å²) < 4.78 is 6.43. The molecule has 25 heavy (non-hydrogen) atoms. The fraction of sp³-hybridized carbons (Fsp3) is 0.571. The maximum absolute atomic E-state index is 12.5. The van der Waals surface area contributed by atoms with Crippen LogP contribution < -0.4 is 11.4 Å². The third-order valence-electron chi connectivity index (χ3n) is 3.80. The van der Waals surface area contributed by atoms with Crippen molar-refractivity contribution in [3.63, 3.8) is 0 Å². The molecule has 1 aliphatic heterocycles. The van der Waals surface area contributed by atoms with Gasteiger partial charge in [-0.1, -0.05) is 0 Å². The van der Waals surface area contributed by atoms with Crippen LogP contribution >= 0.6 is 0 Å². The molecule has 0 aromatic carbocycles. The molecule has 0 unspecified atom stereocenters. The number of nitrogen functional groups attached to an aromatic ring is 1. The monoisotopic (exact) mass is 352 g/mol. The van der Waals surface area contributed by atoms with Gasteiger partial charge in [0, 0.05) is 0 Å². The molecule has 0 radical (unpaired) electrons. The zero-order valence-corrected chi connectivity index (χ0v) is 14.0. The number of β-amino-alcohol motifs (C(OH)–C–C–N with tert-alkyl or cyclic N) is 1. The average molecular weight is 352 g/mol. The Hall–Kier alpha value is -2.66. The van der Waals surface area contributed by atoms with Gasteiger partial charge in [0.25, 0.3) is 0 Å². The van der Waals surface area contributed by atoms with Gasteiger partial charge < -0.3 is 20.7 Å². The first-order valence-electron chi connectivity index (χ1n) is 7.67. The molecule has 0 aliphatic carbocycles. The van der Waals surface area contributed by atoms with Crippen molar-refractivity contribution in [3.8, 4) is 0 Å². The first-order chi connectivity index (χ1) is 11.6. The summed E-state index contributed by atoms with van der Waals surface area (Å²) in [5.41, 5.74) is 4.49. The standard InChI is InChI=1S/C14H20N6O5/c1-14(2,3)25-13(24)19-4-6(21)9(22)8(19)7-10-17-11(15)18-12(23)20(10)5-16-7/h5-6,8-9,21-22H,4H2,1-3H3,(H3,15,17,18,23)/t6-,8+,9+/m0/s1. The molecule has 3 rings (SSSR count). The largest absolute Gasteiger partial charge is 0.444 e. The van der Waals surface area contributed by atoms with Crippen LogP contribution in [0.4, 0.5) is 10.7 Å². The molecule has 0 bridgehead atoms. The van der Waals surface area contributed by atoms with E-state index in [4.69, 9.17) is 10.5 Å². The second-order valence-corrected chi connectivity index (χ2v) is 6.89. The molecule has 0 saturated carbocycles. The van der Waals surface area contributed by atoms with Crippen molar-refractivity contribution in [1.82, 2.24) is 24.3 Å². The fourth-order valence-corrected chi connectivity index (χ4v) is 2.77. The number of hydrogen-bond acceptors (Lipinski definition) is 8. The highest BCUT2D eigenvalue weighted by molar-refractivity contribution is 5.70. The molecule has 3 atom stereocenters. The Morgan fingerprint density at radius 2 is 2.12 bits per heavy atom. The molecule has 136 valence electrons. The lowest BCUT2D eigenvalue weighted by molar-refractivity contribution is 0.0129. The van der Waals surface area contributed by atoms with E-state index in [1.54, 1.807) is 20.8 Å². The van der Waals surface area contributed by atoms with Crippen LogP contribution in [0.15, 0.2) is 11.1 Å². The van der Waals surface area contributed by atoms with Crippen LogP contribution in [0.3, 0.4) is 0 Å². The molecule has 2 aromatic heterocycles. The molecule has 1 saturated heterocycles. The number of anilines is 1. The Morgan fingerprint density at radius 3 is 2.76 bits per heavy atom. The van der Waals surface area contributed by atoms with E-state index >= 15 is 0 Å². The van der Waals surface area contributed by atoms with Crippen LogP contribution in [-0.4, -0.2) is 64.9 Å². The number of aromatic nitrogens is 4. The molecule has 1 amide bonds. The maximum atomic E-state index is 12.5. The number of aliphatic hydroxyl groups excluding tert-OH is 2. The first-order valence-corrected chi connectivity index (χ1v) is 7.67. The van der Waals surface area contributed by atoms with Gasteiger partial charge in [0.2, 0.25) is 5.95 Å². The molecule has 11 heteroatoms. The molecule has 3 heterocycles. The van der Waals surface area contributed by atoms with Crippen molar-refractivity contribution in [2.45, 2.75) is 44.6 Å². The molecular weight excluding hydrogens is 332 g/mol. The van der Waals surface area contributed by atoms with Crippen LogP contribution in [0.2, 0.25) is 0 Å². The lowest BCUT2D eigenvalue weighted by atomic mass is 10.1. The zero-order valence-electron chi connectivity index (χ0n) is 14.0. The molecule has 11 nitrogen and oxygen atoms in total. The van der Waals surface area contributed by atoms with Crippen molar-refractivity contribution in [2.24, 2.45) is 0 Å².